The van der Waals surface area contributed by atoms with Crippen molar-refractivity contribution in [1.29, 1.82) is 0 Å². The largest absolute Gasteiger partial charge is 0.456 e. The summed E-state index contributed by atoms with van der Waals surface area (Å²) in [6.45, 7) is 0. The minimum Gasteiger partial charge on any atom is -0.456 e. The molecule has 0 aliphatic rings. The van der Waals surface area contributed by atoms with Crippen LogP contribution in [0.1, 0.15) is 0 Å². The number of rotatable bonds is 4. The number of anilines is 3. The van der Waals surface area contributed by atoms with E-state index in [1.165, 1.54) is 26.9 Å². The zero-order valence-electron chi connectivity index (χ0n) is 27.4. The number of hydrogen-bond donors (Lipinski definition) is 0. The Morgan fingerprint density at radius 2 is 0.863 bits per heavy atom. The lowest BCUT2D eigenvalue weighted by Gasteiger charge is -2.25. The minimum atomic E-state index is 0.848. The van der Waals surface area contributed by atoms with E-state index in [0.717, 1.165) is 77.5 Å². The summed E-state index contributed by atoms with van der Waals surface area (Å²) in [6, 6.07) is 56.0. The van der Waals surface area contributed by atoms with E-state index in [1.54, 1.807) is 0 Å². The van der Waals surface area contributed by atoms with Crippen molar-refractivity contribution in [3.63, 3.8) is 0 Å². The first-order valence-electron chi connectivity index (χ1n) is 17.2. The molecule has 0 fully saturated rings. The van der Waals surface area contributed by atoms with Gasteiger partial charge in [0.1, 0.15) is 22.3 Å². The van der Waals surface area contributed by atoms with Gasteiger partial charge in [0.2, 0.25) is 0 Å². The highest BCUT2D eigenvalue weighted by molar-refractivity contribution is 6.12. The Bertz CT molecular complexity index is 3000. The van der Waals surface area contributed by atoms with Crippen LogP contribution in [0.5, 0.6) is 0 Å². The molecule has 4 heteroatoms. The third kappa shape index (κ3) is 4.50. The summed E-state index contributed by atoms with van der Waals surface area (Å²) in [6.07, 6.45) is 3.75. The van der Waals surface area contributed by atoms with E-state index >= 15 is 0 Å². The van der Waals surface area contributed by atoms with Crippen LogP contribution in [0.4, 0.5) is 17.1 Å². The maximum atomic E-state index is 6.53. The van der Waals surface area contributed by atoms with Crippen molar-refractivity contribution in [3.05, 3.63) is 170 Å². The summed E-state index contributed by atoms with van der Waals surface area (Å²) in [5.74, 6) is 0. The molecule has 8 aromatic carbocycles. The molecule has 238 valence electrons. The van der Waals surface area contributed by atoms with E-state index < -0.39 is 0 Å². The second-order valence-electron chi connectivity index (χ2n) is 13.3. The number of fused-ring (bicyclic) bond motifs is 9. The van der Waals surface area contributed by atoms with E-state index in [2.05, 4.69) is 162 Å². The van der Waals surface area contributed by atoms with E-state index in [1.807, 2.05) is 18.5 Å². The van der Waals surface area contributed by atoms with Gasteiger partial charge >= 0.3 is 0 Å². The Hall–Kier alpha value is -6.91. The van der Waals surface area contributed by atoms with Gasteiger partial charge in [0.15, 0.2) is 0 Å². The zero-order valence-corrected chi connectivity index (χ0v) is 27.4. The van der Waals surface area contributed by atoms with Gasteiger partial charge in [-0.15, -0.1) is 0 Å². The fourth-order valence-electron chi connectivity index (χ4n) is 7.69. The third-order valence-electron chi connectivity index (χ3n) is 10.3. The number of pyridine rings is 1. The molecule has 0 N–H and O–H groups in total. The Balaban J connectivity index is 1.07. The Labute approximate surface area is 292 Å². The standard InChI is InChI=1S/C47H28N2O2/c1-3-7-33-24-44-42(22-31(33)5-1)40-17-15-38(26-46(40)50-44)49(37-13-11-29(12-14-37)35-10-9-30-19-20-48-28-36(30)21-35)39-16-18-41-43-23-32-6-2-4-8-34(32)25-45(43)51-47(41)27-39/h1-28H. The summed E-state index contributed by atoms with van der Waals surface area (Å²) in [4.78, 5) is 6.61. The molecule has 4 nitrogen and oxygen atoms in total. The van der Waals surface area contributed by atoms with Crippen molar-refractivity contribution < 1.29 is 8.83 Å². The van der Waals surface area contributed by atoms with Crippen molar-refractivity contribution in [1.82, 2.24) is 4.98 Å². The van der Waals surface area contributed by atoms with Crippen LogP contribution in [0.2, 0.25) is 0 Å². The molecule has 0 bridgehead atoms. The average molecular weight is 653 g/mol. The van der Waals surface area contributed by atoms with Crippen LogP contribution < -0.4 is 4.90 Å². The van der Waals surface area contributed by atoms with Crippen molar-refractivity contribution in [3.8, 4) is 11.1 Å². The van der Waals surface area contributed by atoms with Gasteiger partial charge in [-0.3, -0.25) is 4.98 Å². The number of benzene rings is 8. The molecule has 0 aliphatic carbocycles. The van der Waals surface area contributed by atoms with Crippen molar-refractivity contribution in [2.45, 2.75) is 0 Å². The highest BCUT2D eigenvalue weighted by atomic mass is 16.3. The number of aromatic nitrogens is 1. The minimum absolute atomic E-state index is 0.848. The van der Waals surface area contributed by atoms with Crippen molar-refractivity contribution >= 4 is 93.3 Å². The fraction of sp³-hybridized carbons (Fsp3) is 0. The van der Waals surface area contributed by atoms with Crippen LogP contribution in [0, 0.1) is 0 Å². The van der Waals surface area contributed by atoms with Gasteiger partial charge in [-0.1, -0.05) is 72.8 Å². The second kappa shape index (κ2) is 10.8. The Kier molecular flexibility index (Phi) is 5.92. The number of furan rings is 2. The molecule has 11 aromatic rings. The fourth-order valence-corrected chi connectivity index (χ4v) is 7.69. The van der Waals surface area contributed by atoms with Gasteiger partial charge in [0, 0.05) is 68.5 Å². The maximum Gasteiger partial charge on any atom is 0.137 e. The molecule has 3 aromatic heterocycles. The second-order valence-corrected chi connectivity index (χ2v) is 13.3. The van der Waals surface area contributed by atoms with Crippen LogP contribution in [-0.2, 0) is 0 Å². The lowest BCUT2D eigenvalue weighted by molar-refractivity contribution is 0.669. The summed E-state index contributed by atoms with van der Waals surface area (Å²) in [5, 5.41) is 11.5. The topological polar surface area (TPSA) is 42.4 Å². The average Bonchev–Trinajstić information content (AvgIpc) is 3.72. The van der Waals surface area contributed by atoms with Gasteiger partial charge in [-0.2, -0.15) is 0 Å². The van der Waals surface area contributed by atoms with Gasteiger partial charge < -0.3 is 13.7 Å². The van der Waals surface area contributed by atoms with E-state index in [0.29, 0.717) is 0 Å². The zero-order chi connectivity index (χ0) is 33.5. The quantitative estimate of drug-likeness (QED) is 0.190. The Morgan fingerprint density at radius 3 is 1.45 bits per heavy atom. The lowest BCUT2D eigenvalue weighted by atomic mass is 10.0. The van der Waals surface area contributed by atoms with E-state index in [4.69, 9.17) is 8.83 Å². The first kappa shape index (κ1) is 28.0. The predicted octanol–water partition coefficient (Wildman–Crippen LogP) is 13.5. The highest BCUT2D eigenvalue weighted by Gasteiger charge is 2.18. The molecule has 0 saturated carbocycles. The SMILES string of the molecule is c1ccc2cc3c(cc2c1)oc1cc(N(c2ccc(-c4ccc5ccncc5c4)cc2)c2ccc4c(c2)oc2cc5ccccc5cc24)ccc13. The molecular weight excluding hydrogens is 625 g/mol. The van der Waals surface area contributed by atoms with Gasteiger partial charge in [0.05, 0.1) is 0 Å². The number of hydrogen-bond acceptors (Lipinski definition) is 4. The molecule has 0 atom stereocenters. The molecule has 0 unspecified atom stereocenters. The first-order chi connectivity index (χ1) is 25.2. The molecule has 0 amide bonds. The van der Waals surface area contributed by atoms with Crippen LogP contribution in [0.15, 0.2) is 179 Å². The van der Waals surface area contributed by atoms with Gasteiger partial charge in [-0.05, 0) is 111 Å². The maximum absolute atomic E-state index is 6.53. The summed E-state index contributed by atoms with van der Waals surface area (Å²) < 4.78 is 13.1. The molecule has 11 rings (SSSR count). The normalized spacial score (nSPS) is 11.9. The van der Waals surface area contributed by atoms with Crippen LogP contribution in [-0.4, -0.2) is 4.98 Å². The van der Waals surface area contributed by atoms with Crippen molar-refractivity contribution in [2.75, 3.05) is 4.90 Å². The van der Waals surface area contributed by atoms with E-state index in [-0.39, 0.29) is 0 Å². The van der Waals surface area contributed by atoms with Crippen molar-refractivity contribution in [2.24, 2.45) is 0 Å². The molecule has 3 heterocycles. The molecule has 0 spiro atoms. The smallest absolute Gasteiger partial charge is 0.137 e. The summed E-state index contributed by atoms with van der Waals surface area (Å²) in [7, 11) is 0. The monoisotopic (exact) mass is 652 g/mol. The highest BCUT2D eigenvalue weighted by Crippen LogP contribution is 2.42. The van der Waals surface area contributed by atoms with Gasteiger partial charge in [0.25, 0.3) is 0 Å². The van der Waals surface area contributed by atoms with Gasteiger partial charge in [-0.25, -0.2) is 0 Å². The van der Waals surface area contributed by atoms with Crippen LogP contribution >= 0.6 is 0 Å². The lowest BCUT2D eigenvalue weighted by Crippen LogP contribution is -2.09. The molecule has 51 heavy (non-hydrogen) atoms. The summed E-state index contributed by atoms with van der Waals surface area (Å²) in [5.41, 5.74) is 8.79. The Morgan fingerprint density at radius 1 is 0.353 bits per heavy atom. The molecule has 0 radical (unpaired) electrons. The molecule has 0 aliphatic heterocycles. The van der Waals surface area contributed by atoms with Crippen LogP contribution in [0.3, 0.4) is 0 Å². The summed E-state index contributed by atoms with van der Waals surface area (Å²) >= 11 is 0. The van der Waals surface area contributed by atoms with Crippen LogP contribution in [0.25, 0.3) is 87.3 Å². The molecular formula is C47H28N2O2. The molecule has 0 saturated heterocycles. The predicted molar refractivity (Wildman–Crippen MR) is 211 cm³/mol. The first-order valence-corrected chi connectivity index (χ1v) is 17.2. The third-order valence-corrected chi connectivity index (χ3v) is 10.3. The van der Waals surface area contributed by atoms with E-state index in [9.17, 15) is 0 Å². The number of nitrogens with zero attached hydrogens (tertiary/aromatic N) is 2.